The summed E-state index contributed by atoms with van der Waals surface area (Å²) in [6, 6.07) is 0.0145. The summed E-state index contributed by atoms with van der Waals surface area (Å²) < 4.78 is 27.3. The molecule has 1 N–H and O–H groups in total. The van der Waals surface area contributed by atoms with Crippen molar-refractivity contribution in [3.63, 3.8) is 0 Å². The van der Waals surface area contributed by atoms with Crippen LogP contribution in [-0.4, -0.2) is 41.8 Å². The third-order valence-corrected chi connectivity index (χ3v) is 6.93. The summed E-state index contributed by atoms with van der Waals surface area (Å²) in [7, 11) is -3.16. The van der Waals surface area contributed by atoms with Crippen LogP contribution in [0, 0.1) is 0 Å². The number of rotatable bonds is 4. The van der Waals surface area contributed by atoms with Crippen LogP contribution >= 0.6 is 0 Å². The van der Waals surface area contributed by atoms with Gasteiger partial charge in [-0.2, -0.15) is 4.31 Å². The lowest BCUT2D eigenvalue weighted by atomic mass is 10.00. The first-order chi connectivity index (χ1) is 9.01. The molecule has 1 aliphatic heterocycles. The van der Waals surface area contributed by atoms with E-state index in [1.807, 2.05) is 0 Å². The largest absolute Gasteiger partial charge is 0.393 e. The minimum atomic E-state index is -3.16. The summed E-state index contributed by atoms with van der Waals surface area (Å²) in [4.78, 5) is 0. The van der Waals surface area contributed by atoms with Crippen molar-refractivity contribution in [3.05, 3.63) is 0 Å². The molecule has 0 aromatic rings. The maximum atomic E-state index is 12.8. The van der Waals surface area contributed by atoms with E-state index in [1.165, 1.54) is 6.42 Å². The number of hydrogen-bond acceptors (Lipinski definition) is 3. The molecule has 0 aromatic heterocycles. The Labute approximate surface area is 117 Å². The van der Waals surface area contributed by atoms with Gasteiger partial charge < -0.3 is 5.11 Å². The molecule has 5 heteroatoms. The summed E-state index contributed by atoms with van der Waals surface area (Å²) in [5, 5.41) is 9.41. The maximum absolute atomic E-state index is 12.8. The van der Waals surface area contributed by atoms with Crippen LogP contribution in [0.3, 0.4) is 0 Å². The molecule has 2 rings (SSSR count). The Hall–Kier alpha value is -0.130. The van der Waals surface area contributed by atoms with E-state index in [4.69, 9.17) is 0 Å². The van der Waals surface area contributed by atoms with Gasteiger partial charge in [0.15, 0.2) is 0 Å². The molecular weight excluding hydrogens is 262 g/mol. The van der Waals surface area contributed by atoms with Crippen LogP contribution in [-0.2, 0) is 10.0 Å². The average molecular weight is 289 g/mol. The minimum absolute atomic E-state index is 0.0145. The Morgan fingerprint density at radius 2 is 1.74 bits per heavy atom. The third kappa shape index (κ3) is 3.70. The first-order valence-electron chi connectivity index (χ1n) is 7.70. The zero-order chi connectivity index (χ0) is 13.9. The first-order valence-corrected chi connectivity index (χ1v) is 9.21. The van der Waals surface area contributed by atoms with Gasteiger partial charge in [-0.1, -0.05) is 25.7 Å². The first kappa shape index (κ1) is 15.3. The quantitative estimate of drug-likeness (QED) is 0.864. The lowest BCUT2D eigenvalue weighted by molar-refractivity contribution is 0.131. The molecule has 0 bridgehead atoms. The molecule has 0 spiro atoms. The van der Waals surface area contributed by atoms with Gasteiger partial charge in [0.25, 0.3) is 0 Å². The summed E-state index contributed by atoms with van der Waals surface area (Å²) in [5.41, 5.74) is 0. The van der Waals surface area contributed by atoms with Crippen molar-refractivity contribution in [1.82, 2.24) is 4.31 Å². The van der Waals surface area contributed by atoms with Gasteiger partial charge >= 0.3 is 0 Å². The summed E-state index contributed by atoms with van der Waals surface area (Å²) in [5.74, 6) is 0. The Balaban J connectivity index is 2.11. The molecule has 2 atom stereocenters. The second-order valence-electron chi connectivity index (χ2n) is 6.15. The van der Waals surface area contributed by atoms with Gasteiger partial charge in [-0.05, 0) is 39.0 Å². The Morgan fingerprint density at radius 1 is 1.11 bits per heavy atom. The number of sulfonamides is 1. The van der Waals surface area contributed by atoms with Crippen LogP contribution in [0.25, 0.3) is 0 Å². The lowest BCUT2D eigenvalue weighted by Gasteiger charge is -2.38. The fourth-order valence-electron chi connectivity index (χ4n) is 3.49. The average Bonchev–Trinajstić information content (AvgIpc) is 2.39. The zero-order valence-corrected chi connectivity index (χ0v) is 12.7. The predicted octanol–water partition coefficient (Wildman–Crippen LogP) is 2.27. The third-order valence-electron chi connectivity index (χ3n) is 4.49. The van der Waals surface area contributed by atoms with E-state index in [0.717, 1.165) is 44.9 Å². The van der Waals surface area contributed by atoms with Crippen molar-refractivity contribution < 1.29 is 13.5 Å². The Kier molecular flexibility index (Phi) is 5.26. The smallest absolute Gasteiger partial charge is 0.217 e. The molecule has 4 nitrogen and oxygen atoms in total. The van der Waals surface area contributed by atoms with Crippen LogP contribution in [0.4, 0.5) is 0 Å². The maximum Gasteiger partial charge on any atom is 0.217 e. The molecule has 0 amide bonds. The van der Waals surface area contributed by atoms with Crippen molar-refractivity contribution in [2.24, 2.45) is 0 Å². The van der Waals surface area contributed by atoms with Gasteiger partial charge in [0.1, 0.15) is 0 Å². The molecule has 2 unspecified atom stereocenters. The fraction of sp³-hybridized carbons (Fsp3) is 1.00. The molecule has 1 heterocycles. The van der Waals surface area contributed by atoms with Crippen molar-refractivity contribution >= 4 is 10.0 Å². The van der Waals surface area contributed by atoms with Crippen molar-refractivity contribution in [3.8, 4) is 0 Å². The molecule has 1 aliphatic carbocycles. The van der Waals surface area contributed by atoms with Crippen LogP contribution in [0.2, 0.25) is 0 Å². The lowest BCUT2D eigenvalue weighted by Crippen LogP contribution is -2.49. The highest BCUT2D eigenvalue weighted by Crippen LogP contribution is 2.31. The van der Waals surface area contributed by atoms with Crippen LogP contribution in [0.15, 0.2) is 0 Å². The highest BCUT2D eigenvalue weighted by molar-refractivity contribution is 7.89. The predicted molar refractivity (Wildman–Crippen MR) is 76.4 cm³/mol. The Bertz CT molecular complexity index is 374. The van der Waals surface area contributed by atoms with Gasteiger partial charge in [0, 0.05) is 12.6 Å². The van der Waals surface area contributed by atoms with E-state index < -0.39 is 16.1 Å². The van der Waals surface area contributed by atoms with Gasteiger partial charge in [-0.25, -0.2) is 8.42 Å². The molecular formula is C14H27NO3S. The highest BCUT2D eigenvalue weighted by Gasteiger charge is 2.38. The van der Waals surface area contributed by atoms with Crippen molar-refractivity contribution in [2.45, 2.75) is 82.1 Å². The molecule has 0 aromatic carbocycles. The molecule has 2 aliphatic rings. The standard InChI is InChI=1S/C14H27NO3S/c1-12(16)11-13-7-5-6-10-15(13)19(17,18)14-8-3-2-4-9-14/h12-14,16H,2-11H2,1H3. The van der Waals surface area contributed by atoms with Crippen LogP contribution in [0.1, 0.15) is 64.7 Å². The van der Waals surface area contributed by atoms with E-state index >= 15 is 0 Å². The van der Waals surface area contributed by atoms with E-state index in [9.17, 15) is 13.5 Å². The number of aliphatic hydroxyl groups excluding tert-OH is 1. The zero-order valence-electron chi connectivity index (χ0n) is 11.9. The van der Waals surface area contributed by atoms with Gasteiger partial charge in [-0.3, -0.25) is 0 Å². The number of nitrogens with zero attached hydrogens (tertiary/aromatic N) is 1. The van der Waals surface area contributed by atoms with Crippen molar-refractivity contribution in [2.75, 3.05) is 6.54 Å². The highest BCUT2D eigenvalue weighted by atomic mass is 32.2. The van der Waals surface area contributed by atoms with Crippen molar-refractivity contribution in [1.29, 1.82) is 0 Å². The SMILES string of the molecule is CC(O)CC1CCCCN1S(=O)(=O)C1CCCCC1. The van der Waals surface area contributed by atoms with Gasteiger partial charge in [-0.15, -0.1) is 0 Å². The van der Waals surface area contributed by atoms with Gasteiger partial charge in [0.05, 0.1) is 11.4 Å². The number of piperidine rings is 1. The van der Waals surface area contributed by atoms with E-state index in [-0.39, 0.29) is 11.3 Å². The second-order valence-corrected chi connectivity index (χ2v) is 8.32. The summed E-state index contributed by atoms with van der Waals surface area (Å²) >= 11 is 0. The Morgan fingerprint density at radius 3 is 2.37 bits per heavy atom. The topological polar surface area (TPSA) is 57.6 Å². The van der Waals surface area contributed by atoms with E-state index in [2.05, 4.69) is 0 Å². The molecule has 0 radical (unpaired) electrons. The number of aliphatic hydroxyl groups is 1. The normalized spacial score (nSPS) is 29.3. The summed E-state index contributed by atoms with van der Waals surface area (Å²) in [6.45, 7) is 2.40. The van der Waals surface area contributed by atoms with E-state index in [1.54, 1.807) is 11.2 Å². The van der Waals surface area contributed by atoms with E-state index in [0.29, 0.717) is 13.0 Å². The molecule has 2 fully saturated rings. The minimum Gasteiger partial charge on any atom is -0.393 e. The molecule has 19 heavy (non-hydrogen) atoms. The molecule has 1 saturated heterocycles. The van der Waals surface area contributed by atoms with Crippen LogP contribution in [0.5, 0.6) is 0 Å². The number of hydrogen-bond donors (Lipinski definition) is 1. The summed E-state index contributed by atoms with van der Waals surface area (Å²) in [6.07, 6.45) is 7.98. The van der Waals surface area contributed by atoms with Crippen LogP contribution < -0.4 is 0 Å². The molecule has 1 saturated carbocycles. The van der Waals surface area contributed by atoms with Gasteiger partial charge in [0.2, 0.25) is 10.0 Å². The fourth-order valence-corrected chi connectivity index (χ4v) is 5.80. The molecule has 112 valence electrons. The second kappa shape index (κ2) is 6.55. The monoisotopic (exact) mass is 289 g/mol.